The van der Waals surface area contributed by atoms with Crippen LogP contribution in [0.1, 0.15) is 28.9 Å². The SMILES string of the molecule is Cc1nc2ccc(Cl)cc2cc1C(=O)N1CCN(CC(=O)N2CCCC2)CC1. The van der Waals surface area contributed by atoms with Gasteiger partial charge in [0, 0.05) is 49.7 Å². The van der Waals surface area contributed by atoms with Crippen LogP contribution in [-0.2, 0) is 4.79 Å². The van der Waals surface area contributed by atoms with Gasteiger partial charge in [0.15, 0.2) is 0 Å². The van der Waals surface area contributed by atoms with Gasteiger partial charge in [0.05, 0.1) is 23.3 Å². The number of pyridine rings is 1. The van der Waals surface area contributed by atoms with E-state index in [-0.39, 0.29) is 11.8 Å². The van der Waals surface area contributed by atoms with Gasteiger partial charge < -0.3 is 9.80 Å². The summed E-state index contributed by atoms with van der Waals surface area (Å²) in [5.41, 5.74) is 2.19. The Kier molecular flexibility index (Phi) is 5.51. The third kappa shape index (κ3) is 3.98. The number of piperazine rings is 1. The van der Waals surface area contributed by atoms with E-state index in [1.54, 1.807) is 6.07 Å². The molecule has 1 aromatic heterocycles. The van der Waals surface area contributed by atoms with Gasteiger partial charge in [-0.1, -0.05) is 11.6 Å². The first-order chi connectivity index (χ1) is 13.5. The molecule has 2 saturated heterocycles. The maximum atomic E-state index is 13.0. The molecule has 4 rings (SSSR count). The summed E-state index contributed by atoms with van der Waals surface area (Å²) in [5, 5.41) is 1.50. The molecule has 0 N–H and O–H groups in total. The lowest BCUT2D eigenvalue weighted by atomic mass is 10.1. The van der Waals surface area contributed by atoms with Crippen molar-refractivity contribution in [3.05, 3.63) is 40.5 Å². The fourth-order valence-electron chi connectivity index (χ4n) is 4.00. The Morgan fingerprint density at radius 1 is 1.00 bits per heavy atom. The topological polar surface area (TPSA) is 56.8 Å². The van der Waals surface area contributed by atoms with E-state index in [0.717, 1.165) is 55.6 Å². The molecule has 2 aliphatic heterocycles. The molecule has 2 aliphatic rings. The Labute approximate surface area is 170 Å². The lowest BCUT2D eigenvalue weighted by molar-refractivity contribution is -0.131. The van der Waals surface area contributed by atoms with E-state index < -0.39 is 0 Å². The van der Waals surface area contributed by atoms with Gasteiger partial charge in [-0.25, -0.2) is 0 Å². The number of likely N-dealkylation sites (tertiary alicyclic amines) is 1. The smallest absolute Gasteiger partial charge is 0.255 e. The summed E-state index contributed by atoms with van der Waals surface area (Å²) in [5.74, 6) is 0.209. The summed E-state index contributed by atoms with van der Waals surface area (Å²) >= 11 is 6.08. The van der Waals surface area contributed by atoms with Crippen molar-refractivity contribution < 1.29 is 9.59 Å². The molecule has 0 aliphatic carbocycles. The number of aryl methyl sites for hydroxylation is 1. The normalized spacial score (nSPS) is 18.1. The lowest BCUT2D eigenvalue weighted by Crippen LogP contribution is -2.51. The first-order valence-corrected chi connectivity index (χ1v) is 10.3. The van der Waals surface area contributed by atoms with Crippen LogP contribution in [0, 0.1) is 6.92 Å². The maximum absolute atomic E-state index is 13.0. The van der Waals surface area contributed by atoms with E-state index in [1.807, 2.05) is 34.9 Å². The molecule has 6 nitrogen and oxygen atoms in total. The van der Waals surface area contributed by atoms with Crippen LogP contribution < -0.4 is 0 Å². The van der Waals surface area contributed by atoms with Crippen LogP contribution in [0.5, 0.6) is 0 Å². The molecule has 0 saturated carbocycles. The Balaban J connectivity index is 1.40. The van der Waals surface area contributed by atoms with Gasteiger partial charge in [-0.05, 0) is 44.0 Å². The predicted molar refractivity (Wildman–Crippen MR) is 110 cm³/mol. The molecule has 0 spiro atoms. The molecule has 2 aromatic rings. The largest absolute Gasteiger partial charge is 0.342 e. The average molecular weight is 401 g/mol. The van der Waals surface area contributed by atoms with Gasteiger partial charge >= 0.3 is 0 Å². The van der Waals surface area contributed by atoms with Crippen molar-refractivity contribution in [1.29, 1.82) is 0 Å². The van der Waals surface area contributed by atoms with Crippen LogP contribution in [0.4, 0.5) is 0 Å². The summed E-state index contributed by atoms with van der Waals surface area (Å²) in [4.78, 5) is 35.9. The quantitative estimate of drug-likeness (QED) is 0.794. The highest BCUT2D eigenvalue weighted by atomic mass is 35.5. The minimum Gasteiger partial charge on any atom is -0.342 e. The second-order valence-corrected chi connectivity index (χ2v) is 8.05. The van der Waals surface area contributed by atoms with Gasteiger partial charge in [0.2, 0.25) is 5.91 Å². The van der Waals surface area contributed by atoms with E-state index in [9.17, 15) is 9.59 Å². The molecular weight excluding hydrogens is 376 g/mol. The maximum Gasteiger partial charge on any atom is 0.255 e. The third-order valence-corrected chi connectivity index (χ3v) is 5.91. The number of rotatable bonds is 3. The highest BCUT2D eigenvalue weighted by Gasteiger charge is 2.26. The Morgan fingerprint density at radius 3 is 2.43 bits per heavy atom. The molecule has 2 amide bonds. The van der Waals surface area contributed by atoms with Gasteiger partial charge in [-0.3, -0.25) is 19.5 Å². The highest BCUT2D eigenvalue weighted by molar-refractivity contribution is 6.31. The van der Waals surface area contributed by atoms with Crippen molar-refractivity contribution in [2.45, 2.75) is 19.8 Å². The standard InChI is InChI=1S/C21H25ClN4O2/c1-15-18(13-16-12-17(22)4-5-19(16)23-15)21(28)26-10-8-24(9-11-26)14-20(27)25-6-2-3-7-25/h4-5,12-13H,2-3,6-11,14H2,1H3. The number of hydrogen-bond acceptors (Lipinski definition) is 4. The zero-order chi connectivity index (χ0) is 19.7. The van der Waals surface area contributed by atoms with Crippen molar-refractivity contribution in [3.8, 4) is 0 Å². The van der Waals surface area contributed by atoms with Crippen molar-refractivity contribution in [3.63, 3.8) is 0 Å². The Hall–Kier alpha value is -2.18. The van der Waals surface area contributed by atoms with Crippen molar-refractivity contribution in [1.82, 2.24) is 19.7 Å². The fraction of sp³-hybridized carbons (Fsp3) is 0.476. The molecule has 0 bridgehead atoms. The number of halogens is 1. The van der Waals surface area contributed by atoms with Crippen LogP contribution in [0.3, 0.4) is 0 Å². The summed E-state index contributed by atoms with van der Waals surface area (Å²) in [6, 6.07) is 7.40. The first-order valence-electron chi connectivity index (χ1n) is 9.87. The number of fused-ring (bicyclic) bond motifs is 1. The first kappa shape index (κ1) is 19.2. The van der Waals surface area contributed by atoms with E-state index in [0.29, 0.717) is 30.2 Å². The van der Waals surface area contributed by atoms with E-state index in [4.69, 9.17) is 11.6 Å². The molecule has 3 heterocycles. The molecular formula is C21H25ClN4O2. The second kappa shape index (κ2) is 8.05. The van der Waals surface area contributed by atoms with Crippen molar-refractivity contribution in [2.24, 2.45) is 0 Å². The minimum absolute atomic E-state index is 0.00241. The molecule has 0 radical (unpaired) electrons. The number of aromatic nitrogens is 1. The summed E-state index contributed by atoms with van der Waals surface area (Å²) in [6.45, 7) is 6.78. The fourth-order valence-corrected chi connectivity index (χ4v) is 4.18. The van der Waals surface area contributed by atoms with Crippen LogP contribution in [0.25, 0.3) is 10.9 Å². The molecule has 148 valence electrons. The van der Waals surface area contributed by atoms with E-state index in [2.05, 4.69) is 9.88 Å². The predicted octanol–water partition coefficient (Wildman–Crippen LogP) is 2.58. The number of amides is 2. The van der Waals surface area contributed by atoms with Crippen LogP contribution >= 0.6 is 11.6 Å². The number of hydrogen-bond donors (Lipinski definition) is 0. The molecule has 1 aromatic carbocycles. The van der Waals surface area contributed by atoms with Crippen LogP contribution in [0.15, 0.2) is 24.3 Å². The van der Waals surface area contributed by atoms with Gasteiger partial charge in [-0.15, -0.1) is 0 Å². The average Bonchev–Trinajstić information content (AvgIpc) is 3.23. The zero-order valence-corrected chi connectivity index (χ0v) is 16.9. The van der Waals surface area contributed by atoms with Crippen LogP contribution in [-0.4, -0.2) is 77.3 Å². The number of benzene rings is 1. The molecule has 0 atom stereocenters. The number of nitrogens with zero attached hydrogens (tertiary/aromatic N) is 4. The Morgan fingerprint density at radius 2 is 1.71 bits per heavy atom. The number of carbonyl (C=O) groups excluding carboxylic acids is 2. The molecule has 28 heavy (non-hydrogen) atoms. The zero-order valence-electron chi connectivity index (χ0n) is 16.2. The van der Waals surface area contributed by atoms with Gasteiger partial charge in [0.25, 0.3) is 5.91 Å². The number of carbonyl (C=O) groups is 2. The van der Waals surface area contributed by atoms with Crippen LogP contribution in [0.2, 0.25) is 5.02 Å². The third-order valence-electron chi connectivity index (χ3n) is 5.67. The lowest BCUT2D eigenvalue weighted by Gasteiger charge is -2.35. The van der Waals surface area contributed by atoms with Crippen molar-refractivity contribution >= 4 is 34.3 Å². The van der Waals surface area contributed by atoms with Crippen molar-refractivity contribution in [2.75, 3.05) is 45.8 Å². The monoisotopic (exact) mass is 400 g/mol. The summed E-state index contributed by atoms with van der Waals surface area (Å²) in [7, 11) is 0. The molecule has 7 heteroatoms. The van der Waals surface area contributed by atoms with Gasteiger partial charge in [-0.2, -0.15) is 0 Å². The van der Waals surface area contributed by atoms with E-state index in [1.165, 1.54) is 0 Å². The Bertz CT molecular complexity index is 903. The highest BCUT2D eigenvalue weighted by Crippen LogP contribution is 2.22. The minimum atomic E-state index is -0.00241. The summed E-state index contributed by atoms with van der Waals surface area (Å²) < 4.78 is 0. The second-order valence-electron chi connectivity index (χ2n) is 7.61. The molecule has 2 fully saturated rings. The molecule has 0 unspecified atom stereocenters. The summed E-state index contributed by atoms with van der Waals surface area (Å²) in [6.07, 6.45) is 2.22. The van der Waals surface area contributed by atoms with Gasteiger partial charge in [0.1, 0.15) is 0 Å². The van der Waals surface area contributed by atoms with E-state index >= 15 is 0 Å².